The average molecular weight is 512 g/mol. The first-order valence-corrected chi connectivity index (χ1v) is 13.9. The van der Waals surface area contributed by atoms with E-state index in [9.17, 15) is 18.0 Å². The van der Waals surface area contributed by atoms with Gasteiger partial charge in [-0.05, 0) is 74.4 Å². The summed E-state index contributed by atoms with van der Waals surface area (Å²) in [4.78, 5) is 25.6. The van der Waals surface area contributed by atoms with E-state index in [1.807, 2.05) is 30.3 Å². The molecule has 2 aliphatic rings. The Morgan fingerprint density at radius 2 is 1.56 bits per heavy atom. The van der Waals surface area contributed by atoms with Crippen LogP contribution in [0, 0.1) is 0 Å². The van der Waals surface area contributed by atoms with Crippen molar-refractivity contribution in [3.05, 3.63) is 71.1 Å². The molecule has 1 atom stereocenters. The maximum absolute atomic E-state index is 13.0. The van der Waals surface area contributed by atoms with Crippen LogP contribution < -0.4 is 15.4 Å². The molecule has 1 saturated carbocycles. The highest BCUT2D eigenvalue weighted by molar-refractivity contribution is 7.92. The Morgan fingerprint density at radius 1 is 0.917 bits per heavy atom. The van der Waals surface area contributed by atoms with Gasteiger partial charge in [0, 0.05) is 29.6 Å². The molecule has 2 aromatic carbocycles. The highest BCUT2D eigenvalue weighted by Gasteiger charge is 2.38. The molecule has 1 saturated heterocycles. The van der Waals surface area contributed by atoms with Crippen LogP contribution in [0.1, 0.15) is 54.4 Å². The SMILES string of the molecule is COc1ccc(C(=O)NC2CCC(NC(=O)[C@H]3CCCN3S(=O)(=O)/C=C/c3ccccc3)CC2)cc1. The summed E-state index contributed by atoms with van der Waals surface area (Å²) in [6.45, 7) is 0.337. The Balaban J connectivity index is 1.27. The fourth-order valence-electron chi connectivity index (χ4n) is 4.80. The number of amides is 2. The van der Waals surface area contributed by atoms with E-state index >= 15 is 0 Å². The Hall–Kier alpha value is -3.17. The van der Waals surface area contributed by atoms with Crippen LogP contribution in [-0.2, 0) is 14.8 Å². The van der Waals surface area contributed by atoms with Crippen molar-refractivity contribution in [3.8, 4) is 5.75 Å². The van der Waals surface area contributed by atoms with Crippen molar-refractivity contribution in [1.82, 2.24) is 14.9 Å². The van der Waals surface area contributed by atoms with Crippen LogP contribution in [-0.4, -0.2) is 56.3 Å². The highest BCUT2D eigenvalue weighted by atomic mass is 32.2. The number of carbonyl (C=O) groups excluding carboxylic acids is 2. The summed E-state index contributed by atoms with van der Waals surface area (Å²) in [6.07, 6.45) is 5.68. The summed E-state index contributed by atoms with van der Waals surface area (Å²) in [5, 5.41) is 7.31. The smallest absolute Gasteiger partial charge is 0.251 e. The number of nitrogens with one attached hydrogen (secondary N) is 2. The summed E-state index contributed by atoms with van der Waals surface area (Å²) in [7, 11) is -2.13. The largest absolute Gasteiger partial charge is 0.497 e. The molecule has 8 nitrogen and oxygen atoms in total. The molecule has 2 amide bonds. The van der Waals surface area contributed by atoms with Gasteiger partial charge in [-0.15, -0.1) is 0 Å². The van der Waals surface area contributed by atoms with Gasteiger partial charge < -0.3 is 15.4 Å². The zero-order valence-corrected chi connectivity index (χ0v) is 21.2. The standard InChI is InChI=1S/C27H33N3O5S/c1-35-24-15-9-21(10-16-24)26(31)28-22-11-13-23(14-12-22)29-27(32)25-8-5-18-30(25)36(33,34)19-17-20-6-3-2-4-7-20/h2-4,6-7,9-10,15-17,19,22-23,25H,5,8,11-14,18H2,1H3,(H,28,31)(H,29,32)/b19-17+/t22?,23?,25-/m1/s1. The lowest BCUT2D eigenvalue weighted by molar-refractivity contribution is -0.125. The average Bonchev–Trinajstić information content (AvgIpc) is 3.41. The predicted octanol–water partition coefficient (Wildman–Crippen LogP) is 3.32. The predicted molar refractivity (Wildman–Crippen MR) is 139 cm³/mol. The minimum atomic E-state index is -3.71. The third kappa shape index (κ3) is 6.53. The number of nitrogens with zero attached hydrogens (tertiary/aromatic N) is 1. The molecule has 0 radical (unpaired) electrons. The van der Waals surface area contributed by atoms with Crippen molar-refractivity contribution < 1.29 is 22.7 Å². The van der Waals surface area contributed by atoms with Gasteiger partial charge in [0.05, 0.1) is 7.11 Å². The number of carbonyl (C=O) groups is 2. The summed E-state index contributed by atoms with van der Waals surface area (Å²) < 4.78 is 32.3. The number of sulfonamides is 1. The van der Waals surface area contributed by atoms with E-state index in [4.69, 9.17) is 4.74 Å². The molecule has 9 heteroatoms. The molecule has 2 N–H and O–H groups in total. The number of hydrogen-bond donors (Lipinski definition) is 2. The highest BCUT2D eigenvalue weighted by Crippen LogP contribution is 2.25. The number of ether oxygens (including phenoxy) is 1. The van der Waals surface area contributed by atoms with Crippen molar-refractivity contribution in [2.45, 2.75) is 56.7 Å². The van der Waals surface area contributed by atoms with Crippen molar-refractivity contribution >= 4 is 27.9 Å². The molecule has 0 aromatic heterocycles. The van der Waals surface area contributed by atoms with Crippen molar-refractivity contribution in [1.29, 1.82) is 0 Å². The van der Waals surface area contributed by atoms with Crippen LogP contribution in [0.3, 0.4) is 0 Å². The minimum absolute atomic E-state index is 0.0309. The van der Waals surface area contributed by atoms with Gasteiger partial charge in [0.15, 0.2) is 0 Å². The summed E-state index contributed by atoms with van der Waals surface area (Å²) >= 11 is 0. The second-order valence-electron chi connectivity index (χ2n) is 9.29. The van der Waals surface area contributed by atoms with Gasteiger partial charge in [-0.1, -0.05) is 30.3 Å². The lowest BCUT2D eigenvalue weighted by atomic mass is 9.90. The third-order valence-electron chi connectivity index (χ3n) is 6.83. The molecular weight excluding hydrogens is 478 g/mol. The molecule has 2 aromatic rings. The summed E-state index contributed by atoms with van der Waals surface area (Å²) in [6, 6.07) is 15.5. The third-order valence-corrected chi connectivity index (χ3v) is 8.40. The van der Waals surface area contributed by atoms with Gasteiger partial charge in [-0.25, -0.2) is 8.42 Å². The zero-order valence-electron chi connectivity index (χ0n) is 20.4. The molecule has 0 unspecified atom stereocenters. The van der Waals surface area contributed by atoms with Gasteiger partial charge in [0.25, 0.3) is 5.91 Å². The minimum Gasteiger partial charge on any atom is -0.497 e. The molecular formula is C27H33N3O5S. The topological polar surface area (TPSA) is 105 Å². The quantitative estimate of drug-likeness (QED) is 0.566. The number of hydrogen-bond acceptors (Lipinski definition) is 5. The first-order valence-electron chi connectivity index (χ1n) is 12.4. The fourth-order valence-corrected chi connectivity index (χ4v) is 6.23. The van der Waals surface area contributed by atoms with Crippen molar-refractivity contribution in [2.24, 2.45) is 0 Å². The fraction of sp³-hybridized carbons (Fsp3) is 0.407. The molecule has 0 spiro atoms. The molecule has 1 aliphatic carbocycles. The number of benzene rings is 2. The van der Waals surface area contributed by atoms with E-state index in [0.29, 0.717) is 30.7 Å². The van der Waals surface area contributed by atoms with Crippen LogP contribution in [0.25, 0.3) is 6.08 Å². The van der Waals surface area contributed by atoms with Gasteiger partial charge in [-0.3, -0.25) is 9.59 Å². The van der Waals surface area contributed by atoms with Crippen molar-refractivity contribution in [2.75, 3.05) is 13.7 Å². The van der Waals surface area contributed by atoms with Crippen LogP contribution in [0.4, 0.5) is 0 Å². The Morgan fingerprint density at radius 3 is 2.19 bits per heavy atom. The van der Waals surface area contributed by atoms with Crippen LogP contribution in [0.2, 0.25) is 0 Å². The van der Waals surface area contributed by atoms with E-state index in [2.05, 4.69) is 10.6 Å². The summed E-state index contributed by atoms with van der Waals surface area (Å²) in [5.74, 6) is 0.332. The van der Waals surface area contributed by atoms with E-state index in [0.717, 1.165) is 31.2 Å². The molecule has 4 rings (SSSR count). The molecule has 2 fully saturated rings. The first-order chi connectivity index (χ1) is 17.4. The van der Waals surface area contributed by atoms with E-state index in [1.165, 1.54) is 9.71 Å². The van der Waals surface area contributed by atoms with E-state index < -0.39 is 16.1 Å². The van der Waals surface area contributed by atoms with Gasteiger partial charge in [0.1, 0.15) is 11.8 Å². The maximum atomic E-state index is 13.0. The molecule has 1 heterocycles. The normalized spacial score (nSPS) is 22.9. The van der Waals surface area contributed by atoms with Gasteiger partial charge in [0.2, 0.25) is 15.9 Å². The number of methoxy groups -OCH3 is 1. The molecule has 1 aliphatic heterocycles. The second-order valence-corrected chi connectivity index (χ2v) is 11.1. The van der Waals surface area contributed by atoms with E-state index in [-0.39, 0.29) is 23.9 Å². The molecule has 192 valence electrons. The van der Waals surface area contributed by atoms with Crippen molar-refractivity contribution in [3.63, 3.8) is 0 Å². The first kappa shape index (κ1) is 25.9. The Bertz CT molecular complexity index is 1170. The monoisotopic (exact) mass is 511 g/mol. The lowest BCUT2D eigenvalue weighted by Gasteiger charge is -2.31. The second kappa shape index (κ2) is 11.7. The molecule has 36 heavy (non-hydrogen) atoms. The van der Waals surface area contributed by atoms with E-state index in [1.54, 1.807) is 37.5 Å². The molecule has 0 bridgehead atoms. The Kier molecular flexibility index (Phi) is 8.43. The Labute approximate surface area is 212 Å². The van der Waals surface area contributed by atoms with Gasteiger partial charge in [-0.2, -0.15) is 4.31 Å². The lowest BCUT2D eigenvalue weighted by Crippen LogP contribution is -2.50. The van der Waals surface area contributed by atoms with Crippen LogP contribution in [0.15, 0.2) is 60.0 Å². The zero-order chi connectivity index (χ0) is 25.5. The summed E-state index contributed by atoms with van der Waals surface area (Å²) in [5.41, 5.74) is 1.37. The number of rotatable bonds is 8. The maximum Gasteiger partial charge on any atom is 0.251 e. The van der Waals surface area contributed by atoms with Crippen LogP contribution >= 0.6 is 0 Å². The van der Waals surface area contributed by atoms with Crippen LogP contribution in [0.5, 0.6) is 5.75 Å². The van der Waals surface area contributed by atoms with Gasteiger partial charge >= 0.3 is 0 Å².